The molecule has 0 amide bonds. The first-order valence-corrected chi connectivity index (χ1v) is 5.79. The lowest BCUT2D eigenvalue weighted by molar-refractivity contribution is 0.828. The van der Waals surface area contributed by atoms with Gasteiger partial charge in [-0.3, -0.25) is 0 Å². The molecule has 0 N–H and O–H groups in total. The number of para-hydroxylation sites is 2. The molecule has 3 rings (SSSR count). The van der Waals surface area contributed by atoms with Crippen LogP contribution in [0.5, 0.6) is 0 Å². The standard InChI is InChI=1S/C12H10N2S/c1-2-4-12-11(3-1)13-9-14(12)7-10-5-6-15-8-10/h1-6,8-9H,7H2. The minimum Gasteiger partial charge on any atom is -0.326 e. The molecule has 0 radical (unpaired) electrons. The first-order chi connectivity index (χ1) is 7.43. The number of hydrogen-bond acceptors (Lipinski definition) is 2. The molecule has 15 heavy (non-hydrogen) atoms. The maximum Gasteiger partial charge on any atom is 0.0961 e. The van der Waals surface area contributed by atoms with E-state index in [1.54, 1.807) is 11.3 Å². The number of benzene rings is 1. The highest BCUT2D eigenvalue weighted by atomic mass is 32.1. The van der Waals surface area contributed by atoms with E-state index in [2.05, 4.69) is 32.4 Å². The Balaban J connectivity index is 2.05. The average Bonchev–Trinajstić information content (AvgIpc) is 2.89. The summed E-state index contributed by atoms with van der Waals surface area (Å²) in [5.74, 6) is 0. The Morgan fingerprint density at radius 1 is 1.20 bits per heavy atom. The molecular formula is C12H10N2S. The van der Waals surface area contributed by atoms with Crippen molar-refractivity contribution in [3.05, 3.63) is 53.0 Å². The number of hydrogen-bond donors (Lipinski definition) is 0. The third-order valence-corrected chi connectivity index (χ3v) is 3.19. The quantitative estimate of drug-likeness (QED) is 0.640. The van der Waals surface area contributed by atoms with Crippen LogP contribution >= 0.6 is 11.3 Å². The second-order valence-corrected chi connectivity index (χ2v) is 4.27. The van der Waals surface area contributed by atoms with E-state index < -0.39 is 0 Å². The van der Waals surface area contributed by atoms with Gasteiger partial charge in [0.1, 0.15) is 0 Å². The van der Waals surface area contributed by atoms with Crippen molar-refractivity contribution < 1.29 is 0 Å². The second kappa shape index (κ2) is 3.51. The summed E-state index contributed by atoms with van der Waals surface area (Å²) < 4.78 is 2.18. The molecule has 1 aromatic carbocycles. The number of aromatic nitrogens is 2. The zero-order chi connectivity index (χ0) is 10.1. The lowest BCUT2D eigenvalue weighted by atomic mass is 10.3. The van der Waals surface area contributed by atoms with E-state index in [0.717, 1.165) is 12.1 Å². The molecule has 74 valence electrons. The van der Waals surface area contributed by atoms with Crippen LogP contribution in [0.2, 0.25) is 0 Å². The van der Waals surface area contributed by atoms with Crippen LogP contribution in [0.3, 0.4) is 0 Å². The molecule has 0 aliphatic heterocycles. The highest BCUT2D eigenvalue weighted by Gasteiger charge is 2.01. The minimum absolute atomic E-state index is 0.907. The van der Waals surface area contributed by atoms with Crippen LogP contribution in [0.4, 0.5) is 0 Å². The van der Waals surface area contributed by atoms with Crippen LogP contribution < -0.4 is 0 Å². The molecule has 0 bridgehead atoms. The monoisotopic (exact) mass is 214 g/mol. The van der Waals surface area contributed by atoms with Crippen LogP contribution in [0.15, 0.2) is 47.4 Å². The summed E-state index contributed by atoms with van der Waals surface area (Å²) >= 11 is 1.73. The van der Waals surface area contributed by atoms with Gasteiger partial charge in [-0.05, 0) is 34.5 Å². The summed E-state index contributed by atoms with van der Waals surface area (Å²) in [5.41, 5.74) is 3.60. The van der Waals surface area contributed by atoms with E-state index in [0.29, 0.717) is 0 Å². The van der Waals surface area contributed by atoms with Gasteiger partial charge in [0.15, 0.2) is 0 Å². The minimum atomic E-state index is 0.907. The fourth-order valence-electron chi connectivity index (χ4n) is 1.72. The molecule has 3 heteroatoms. The van der Waals surface area contributed by atoms with Crippen LogP contribution in [0.1, 0.15) is 5.56 Å². The van der Waals surface area contributed by atoms with E-state index in [1.165, 1.54) is 11.1 Å². The number of imidazole rings is 1. The largest absolute Gasteiger partial charge is 0.326 e. The number of thiophene rings is 1. The molecular weight excluding hydrogens is 204 g/mol. The summed E-state index contributed by atoms with van der Waals surface area (Å²) in [6.45, 7) is 0.907. The van der Waals surface area contributed by atoms with Gasteiger partial charge >= 0.3 is 0 Å². The molecule has 2 aromatic heterocycles. The molecule has 0 atom stereocenters. The molecule has 0 saturated carbocycles. The van der Waals surface area contributed by atoms with E-state index >= 15 is 0 Å². The summed E-state index contributed by atoms with van der Waals surface area (Å²) in [4.78, 5) is 4.37. The zero-order valence-electron chi connectivity index (χ0n) is 8.13. The van der Waals surface area contributed by atoms with Crippen molar-refractivity contribution in [2.75, 3.05) is 0 Å². The maximum absolute atomic E-state index is 4.37. The normalized spacial score (nSPS) is 10.9. The second-order valence-electron chi connectivity index (χ2n) is 3.49. The lowest BCUT2D eigenvalue weighted by Gasteiger charge is -2.01. The number of rotatable bonds is 2. The van der Waals surface area contributed by atoms with Crippen molar-refractivity contribution in [1.82, 2.24) is 9.55 Å². The Bertz CT molecular complexity index is 566. The molecule has 0 aliphatic carbocycles. The van der Waals surface area contributed by atoms with E-state index in [-0.39, 0.29) is 0 Å². The summed E-state index contributed by atoms with van der Waals surface area (Å²) in [6.07, 6.45) is 1.91. The van der Waals surface area contributed by atoms with E-state index in [1.807, 2.05) is 24.5 Å². The highest BCUT2D eigenvalue weighted by Crippen LogP contribution is 2.15. The Morgan fingerprint density at radius 3 is 3.00 bits per heavy atom. The summed E-state index contributed by atoms with van der Waals surface area (Å²) in [7, 11) is 0. The van der Waals surface area contributed by atoms with Gasteiger partial charge in [-0.1, -0.05) is 12.1 Å². The smallest absolute Gasteiger partial charge is 0.0961 e. The van der Waals surface area contributed by atoms with Crippen LogP contribution in [-0.2, 0) is 6.54 Å². The number of fused-ring (bicyclic) bond motifs is 1. The van der Waals surface area contributed by atoms with Crippen LogP contribution in [0.25, 0.3) is 11.0 Å². The van der Waals surface area contributed by atoms with Gasteiger partial charge in [0, 0.05) is 6.54 Å². The predicted octanol–water partition coefficient (Wildman–Crippen LogP) is 3.15. The maximum atomic E-state index is 4.37. The Morgan fingerprint density at radius 2 is 2.13 bits per heavy atom. The van der Waals surface area contributed by atoms with Gasteiger partial charge < -0.3 is 4.57 Å². The Hall–Kier alpha value is -1.61. The molecule has 0 saturated heterocycles. The molecule has 2 heterocycles. The SMILES string of the molecule is c1ccc2c(c1)ncn2Cc1ccsc1. The third-order valence-electron chi connectivity index (χ3n) is 2.46. The van der Waals surface area contributed by atoms with Gasteiger partial charge in [0.05, 0.1) is 17.4 Å². The summed E-state index contributed by atoms with van der Waals surface area (Å²) in [6, 6.07) is 10.4. The van der Waals surface area contributed by atoms with Crippen molar-refractivity contribution in [1.29, 1.82) is 0 Å². The molecule has 0 unspecified atom stereocenters. The Kier molecular flexibility index (Phi) is 2.03. The predicted molar refractivity (Wildman–Crippen MR) is 63.2 cm³/mol. The van der Waals surface area contributed by atoms with Crippen molar-refractivity contribution in [3.63, 3.8) is 0 Å². The molecule has 0 aliphatic rings. The van der Waals surface area contributed by atoms with Gasteiger partial charge in [-0.2, -0.15) is 11.3 Å². The first-order valence-electron chi connectivity index (χ1n) is 4.84. The first kappa shape index (κ1) is 8.68. The van der Waals surface area contributed by atoms with E-state index in [4.69, 9.17) is 0 Å². The molecule has 0 spiro atoms. The van der Waals surface area contributed by atoms with Gasteiger partial charge in [0.2, 0.25) is 0 Å². The fourth-order valence-corrected chi connectivity index (χ4v) is 2.38. The molecule has 2 nitrogen and oxygen atoms in total. The topological polar surface area (TPSA) is 17.8 Å². The number of nitrogens with zero attached hydrogens (tertiary/aromatic N) is 2. The van der Waals surface area contributed by atoms with Crippen LogP contribution in [0, 0.1) is 0 Å². The average molecular weight is 214 g/mol. The van der Waals surface area contributed by atoms with Crippen molar-refractivity contribution >= 4 is 22.4 Å². The zero-order valence-corrected chi connectivity index (χ0v) is 8.95. The van der Waals surface area contributed by atoms with Crippen molar-refractivity contribution in [2.24, 2.45) is 0 Å². The molecule has 0 fully saturated rings. The fraction of sp³-hybridized carbons (Fsp3) is 0.0833. The van der Waals surface area contributed by atoms with Gasteiger partial charge in [-0.15, -0.1) is 0 Å². The lowest BCUT2D eigenvalue weighted by Crippen LogP contribution is -1.95. The van der Waals surface area contributed by atoms with Crippen molar-refractivity contribution in [2.45, 2.75) is 6.54 Å². The Labute approximate surface area is 91.8 Å². The summed E-state index contributed by atoms with van der Waals surface area (Å²) in [5, 5.41) is 4.28. The van der Waals surface area contributed by atoms with Crippen LogP contribution in [-0.4, -0.2) is 9.55 Å². The van der Waals surface area contributed by atoms with Gasteiger partial charge in [0.25, 0.3) is 0 Å². The third kappa shape index (κ3) is 1.55. The van der Waals surface area contributed by atoms with E-state index in [9.17, 15) is 0 Å². The van der Waals surface area contributed by atoms with Crippen molar-refractivity contribution in [3.8, 4) is 0 Å². The highest BCUT2D eigenvalue weighted by molar-refractivity contribution is 7.07. The van der Waals surface area contributed by atoms with Gasteiger partial charge in [-0.25, -0.2) is 4.98 Å². The molecule has 3 aromatic rings.